The molecule has 100 valence electrons. The van der Waals surface area contributed by atoms with Crippen LogP contribution in [0.15, 0.2) is 0 Å². The second-order valence-electron chi connectivity index (χ2n) is 6.52. The first-order valence-corrected chi connectivity index (χ1v) is 7.22. The molecule has 0 amide bonds. The summed E-state index contributed by atoms with van der Waals surface area (Å²) in [6.07, 6.45) is 4.18. The summed E-state index contributed by atoms with van der Waals surface area (Å²) in [5.74, 6) is 0.902. The number of piperazine rings is 1. The molecule has 1 atom stereocenters. The summed E-state index contributed by atoms with van der Waals surface area (Å²) in [4.78, 5) is 5.18. The van der Waals surface area contributed by atoms with Crippen LogP contribution in [0.25, 0.3) is 0 Å². The maximum Gasteiger partial charge on any atom is 0.0157 e. The summed E-state index contributed by atoms with van der Waals surface area (Å²) >= 11 is 0. The Kier molecular flexibility index (Phi) is 4.45. The van der Waals surface area contributed by atoms with Crippen molar-refractivity contribution in [2.45, 2.75) is 38.6 Å². The maximum absolute atomic E-state index is 3.45. The summed E-state index contributed by atoms with van der Waals surface area (Å²) in [6, 6.07) is 0. The third-order valence-electron chi connectivity index (χ3n) is 4.48. The van der Waals surface area contributed by atoms with Crippen molar-refractivity contribution >= 4 is 0 Å². The fourth-order valence-electron chi connectivity index (χ4n) is 3.55. The van der Waals surface area contributed by atoms with Crippen molar-refractivity contribution in [2.24, 2.45) is 5.92 Å². The van der Waals surface area contributed by atoms with Crippen molar-refractivity contribution in [2.75, 3.05) is 46.3 Å². The van der Waals surface area contributed by atoms with E-state index >= 15 is 0 Å². The topological polar surface area (TPSA) is 18.5 Å². The molecule has 17 heavy (non-hydrogen) atoms. The molecule has 0 radical (unpaired) electrons. The van der Waals surface area contributed by atoms with Gasteiger partial charge in [0, 0.05) is 38.3 Å². The van der Waals surface area contributed by atoms with Crippen molar-refractivity contribution in [1.29, 1.82) is 0 Å². The number of nitrogens with one attached hydrogen (secondary N) is 1. The zero-order valence-corrected chi connectivity index (χ0v) is 11.8. The number of piperidine rings is 1. The van der Waals surface area contributed by atoms with Crippen LogP contribution in [0.5, 0.6) is 0 Å². The smallest absolute Gasteiger partial charge is 0.0157 e. The fourth-order valence-corrected chi connectivity index (χ4v) is 3.55. The predicted molar refractivity (Wildman–Crippen MR) is 73.4 cm³/mol. The number of likely N-dealkylation sites (tertiary alicyclic amines) is 1. The second kappa shape index (κ2) is 5.68. The van der Waals surface area contributed by atoms with Gasteiger partial charge < -0.3 is 10.2 Å². The van der Waals surface area contributed by atoms with Crippen molar-refractivity contribution in [3.63, 3.8) is 0 Å². The highest BCUT2D eigenvalue weighted by Crippen LogP contribution is 2.28. The van der Waals surface area contributed by atoms with E-state index in [0.717, 1.165) is 19.0 Å². The molecule has 0 aromatic rings. The fraction of sp³-hybridized carbons (Fsp3) is 1.00. The van der Waals surface area contributed by atoms with Gasteiger partial charge in [-0.2, -0.15) is 0 Å². The molecule has 2 heterocycles. The van der Waals surface area contributed by atoms with E-state index in [-0.39, 0.29) is 0 Å². The zero-order chi connectivity index (χ0) is 12.3. The second-order valence-corrected chi connectivity index (χ2v) is 6.52. The van der Waals surface area contributed by atoms with Crippen LogP contribution in [0.4, 0.5) is 0 Å². The Hall–Kier alpha value is -0.120. The molecule has 0 saturated carbocycles. The van der Waals surface area contributed by atoms with Gasteiger partial charge in [-0.15, -0.1) is 0 Å². The Labute approximate surface area is 107 Å². The lowest BCUT2D eigenvalue weighted by Crippen LogP contribution is -2.54. The van der Waals surface area contributed by atoms with E-state index < -0.39 is 0 Å². The summed E-state index contributed by atoms with van der Waals surface area (Å²) in [6.45, 7) is 12.2. The van der Waals surface area contributed by atoms with Gasteiger partial charge in [0.25, 0.3) is 0 Å². The first kappa shape index (κ1) is 13.3. The van der Waals surface area contributed by atoms with Gasteiger partial charge in [-0.25, -0.2) is 0 Å². The van der Waals surface area contributed by atoms with Crippen LogP contribution in [-0.2, 0) is 0 Å². The van der Waals surface area contributed by atoms with Gasteiger partial charge in [-0.05, 0) is 52.6 Å². The standard InChI is InChI=1S/C14H29N3/c1-14(2,17-9-6-15-7-10-17)11-13-5-4-8-16(3)12-13/h13,15H,4-12H2,1-3H3. The van der Waals surface area contributed by atoms with E-state index in [1.165, 1.54) is 45.4 Å². The van der Waals surface area contributed by atoms with E-state index in [1.807, 2.05) is 0 Å². The lowest BCUT2D eigenvalue weighted by Gasteiger charge is -2.44. The van der Waals surface area contributed by atoms with Crippen molar-refractivity contribution < 1.29 is 0 Å². The van der Waals surface area contributed by atoms with Crippen LogP contribution < -0.4 is 5.32 Å². The molecule has 0 spiro atoms. The highest BCUT2D eigenvalue weighted by atomic mass is 15.2. The number of hydrogen-bond acceptors (Lipinski definition) is 3. The van der Waals surface area contributed by atoms with E-state index in [2.05, 4.69) is 36.0 Å². The SMILES string of the molecule is CN1CCCC(CC(C)(C)N2CCNCC2)C1. The van der Waals surface area contributed by atoms with Crippen LogP contribution in [0.3, 0.4) is 0 Å². The van der Waals surface area contributed by atoms with Gasteiger partial charge in [0.05, 0.1) is 0 Å². The third-order valence-corrected chi connectivity index (χ3v) is 4.48. The molecule has 2 saturated heterocycles. The lowest BCUT2D eigenvalue weighted by atomic mass is 9.84. The minimum Gasteiger partial charge on any atom is -0.314 e. The Morgan fingerprint density at radius 2 is 1.88 bits per heavy atom. The Balaban J connectivity index is 1.86. The van der Waals surface area contributed by atoms with Crippen molar-refractivity contribution in [3.05, 3.63) is 0 Å². The number of rotatable bonds is 3. The molecule has 0 bridgehead atoms. The highest BCUT2D eigenvalue weighted by molar-refractivity contribution is 4.88. The maximum atomic E-state index is 3.45. The Morgan fingerprint density at radius 1 is 1.18 bits per heavy atom. The molecule has 2 aliphatic rings. The predicted octanol–water partition coefficient (Wildman–Crippen LogP) is 1.40. The summed E-state index contributed by atoms with van der Waals surface area (Å²) in [5.41, 5.74) is 0.380. The Morgan fingerprint density at radius 3 is 2.53 bits per heavy atom. The van der Waals surface area contributed by atoms with Crippen LogP contribution in [0.1, 0.15) is 33.1 Å². The van der Waals surface area contributed by atoms with Gasteiger partial charge in [0.15, 0.2) is 0 Å². The lowest BCUT2D eigenvalue weighted by molar-refractivity contribution is 0.0638. The van der Waals surface area contributed by atoms with Crippen LogP contribution in [0, 0.1) is 5.92 Å². The van der Waals surface area contributed by atoms with E-state index in [9.17, 15) is 0 Å². The average Bonchev–Trinajstić information content (AvgIpc) is 2.29. The third kappa shape index (κ3) is 3.67. The number of nitrogens with zero attached hydrogens (tertiary/aromatic N) is 2. The van der Waals surface area contributed by atoms with Gasteiger partial charge in [0.1, 0.15) is 0 Å². The molecule has 1 unspecified atom stereocenters. The monoisotopic (exact) mass is 239 g/mol. The molecular formula is C14H29N3. The largest absolute Gasteiger partial charge is 0.314 e. The van der Waals surface area contributed by atoms with E-state index in [4.69, 9.17) is 0 Å². The summed E-state index contributed by atoms with van der Waals surface area (Å²) in [5, 5.41) is 3.45. The first-order chi connectivity index (χ1) is 8.08. The normalized spacial score (nSPS) is 29.5. The van der Waals surface area contributed by atoms with Gasteiger partial charge in [0.2, 0.25) is 0 Å². The van der Waals surface area contributed by atoms with Crippen LogP contribution in [-0.4, -0.2) is 61.7 Å². The number of hydrogen-bond donors (Lipinski definition) is 1. The zero-order valence-electron chi connectivity index (χ0n) is 11.8. The van der Waals surface area contributed by atoms with Crippen LogP contribution in [0.2, 0.25) is 0 Å². The van der Waals surface area contributed by atoms with E-state index in [1.54, 1.807) is 0 Å². The molecule has 0 aromatic carbocycles. The van der Waals surface area contributed by atoms with E-state index in [0.29, 0.717) is 5.54 Å². The summed E-state index contributed by atoms with van der Waals surface area (Å²) < 4.78 is 0. The van der Waals surface area contributed by atoms with Gasteiger partial charge in [-0.1, -0.05) is 0 Å². The molecule has 2 fully saturated rings. The molecule has 2 aliphatic heterocycles. The minimum absolute atomic E-state index is 0.380. The van der Waals surface area contributed by atoms with Crippen molar-refractivity contribution in [3.8, 4) is 0 Å². The quantitative estimate of drug-likeness (QED) is 0.803. The molecule has 3 heteroatoms. The molecule has 2 rings (SSSR count). The van der Waals surface area contributed by atoms with Crippen LogP contribution >= 0.6 is 0 Å². The first-order valence-electron chi connectivity index (χ1n) is 7.22. The van der Waals surface area contributed by atoms with Crippen molar-refractivity contribution in [1.82, 2.24) is 15.1 Å². The van der Waals surface area contributed by atoms with Gasteiger partial charge >= 0.3 is 0 Å². The van der Waals surface area contributed by atoms with Gasteiger partial charge in [-0.3, -0.25) is 4.90 Å². The Bertz CT molecular complexity index is 234. The minimum atomic E-state index is 0.380. The summed E-state index contributed by atoms with van der Waals surface area (Å²) in [7, 11) is 2.27. The molecular weight excluding hydrogens is 210 g/mol. The molecule has 0 aliphatic carbocycles. The average molecular weight is 239 g/mol. The molecule has 3 nitrogen and oxygen atoms in total. The molecule has 0 aromatic heterocycles. The molecule has 1 N–H and O–H groups in total. The highest BCUT2D eigenvalue weighted by Gasteiger charge is 2.31.